The van der Waals surface area contributed by atoms with Gasteiger partial charge in [-0.15, -0.1) is 11.8 Å². The molecule has 0 spiro atoms. The molecule has 42 heavy (non-hydrogen) atoms. The average Bonchev–Trinajstić information content (AvgIpc) is 3.05. The summed E-state index contributed by atoms with van der Waals surface area (Å²) < 4.78 is 13.1. The Kier molecular flexibility index (Phi) is 8.52. The minimum atomic E-state index is -0.603. The first-order valence-corrected chi connectivity index (χ1v) is 14.7. The van der Waals surface area contributed by atoms with Crippen LogP contribution in [0.3, 0.4) is 0 Å². The molecule has 4 atom stereocenters. The Labute approximate surface area is 248 Å². The van der Waals surface area contributed by atoms with Crippen LogP contribution in [-0.4, -0.2) is 37.8 Å². The van der Waals surface area contributed by atoms with E-state index in [0.717, 1.165) is 27.2 Å². The van der Waals surface area contributed by atoms with Crippen LogP contribution in [0.2, 0.25) is 0 Å². The van der Waals surface area contributed by atoms with Crippen molar-refractivity contribution in [2.75, 3.05) is 11.1 Å². The third kappa shape index (κ3) is 6.34. The Morgan fingerprint density at radius 3 is 2.36 bits per heavy atom. The number of aliphatic hydroxyl groups excluding tert-OH is 1. The van der Waals surface area contributed by atoms with Gasteiger partial charge in [-0.1, -0.05) is 61.5 Å². The summed E-state index contributed by atoms with van der Waals surface area (Å²) in [6.07, 6.45) is 2.35. The van der Waals surface area contributed by atoms with Gasteiger partial charge < -0.3 is 19.9 Å². The molecule has 6 rings (SSSR count). The van der Waals surface area contributed by atoms with Crippen LogP contribution in [-0.2, 0) is 16.1 Å². The Morgan fingerprint density at radius 1 is 0.881 bits per heavy atom. The molecule has 1 saturated heterocycles. The number of pyridine rings is 1. The molecule has 3 aromatic carbocycles. The number of ether oxygens (including phenoxy) is 2. The minimum absolute atomic E-state index is 0.00718. The van der Waals surface area contributed by atoms with Crippen molar-refractivity contribution in [2.45, 2.75) is 37.1 Å². The zero-order valence-electron chi connectivity index (χ0n) is 23.0. The van der Waals surface area contributed by atoms with Crippen LogP contribution in [0.4, 0.5) is 5.69 Å². The fourth-order valence-electron chi connectivity index (χ4n) is 4.90. The third-order valence-corrected chi connectivity index (χ3v) is 8.31. The zero-order valence-corrected chi connectivity index (χ0v) is 23.8. The highest BCUT2D eigenvalue weighted by atomic mass is 32.2. The highest BCUT2D eigenvalue weighted by Gasteiger charge is 2.38. The lowest BCUT2D eigenvalue weighted by Crippen LogP contribution is -2.38. The Bertz CT molecular complexity index is 1650. The number of anilines is 1. The predicted molar refractivity (Wildman–Crippen MR) is 162 cm³/mol. The van der Waals surface area contributed by atoms with Gasteiger partial charge in [-0.25, -0.2) is 9.97 Å². The normalized spacial score (nSPS) is 20.3. The van der Waals surface area contributed by atoms with Crippen LogP contribution in [0.1, 0.15) is 46.5 Å². The molecule has 4 unspecified atom stereocenters. The van der Waals surface area contributed by atoms with Crippen molar-refractivity contribution in [3.8, 4) is 0 Å². The fourth-order valence-corrected chi connectivity index (χ4v) is 5.92. The van der Waals surface area contributed by atoms with Crippen molar-refractivity contribution in [3.05, 3.63) is 126 Å². The smallest absolute Gasteiger partial charge is 0.275 e. The molecule has 9 heteroatoms. The number of thioether (sulfide) groups is 1. The third-order valence-electron chi connectivity index (χ3n) is 7.28. The lowest BCUT2D eigenvalue weighted by Gasteiger charge is -2.41. The van der Waals surface area contributed by atoms with E-state index >= 15 is 0 Å². The van der Waals surface area contributed by atoms with Crippen LogP contribution >= 0.6 is 11.8 Å². The summed E-state index contributed by atoms with van der Waals surface area (Å²) in [7, 11) is 0. The summed E-state index contributed by atoms with van der Waals surface area (Å²) in [5, 5.41) is 13.3. The summed E-state index contributed by atoms with van der Waals surface area (Å²) in [5.74, 6) is 0.446. The van der Waals surface area contributed by atoms with Crippen molar-refractivity contribution >= 4 is 34.4 Å². The first-order chi connectivity index (χ1) is 20.6. The molecule has 1 aliphatic rings. The molecule has 0 radical (unpaired) electrons. The van der Waals surface area contributed by atoms with Crippen LogP contribution in [0.25, 0.3) is 11.0 Å². The highest BCUT2D eigenvalue weighted by Crippen LogP contribution is 2.43. The van der Waals surface area contributed by atoms with Crippen molar-refractivity contribution in [1.82, 2.24) is 15.0 Å². The van der Waals surface area contributed by atoms with E-state index in [1.54, 1.807) is 18.0 Å². The number of fused-ring (bicyclic) bond motifs is 1. The second-order valence-electron chi connectivity index (χ2n) is 10.1. The number of para-hydroxylation sites is 2. The SMILES string of the molecule is CC1C(CSc2ccccn2)OC(c2ccc(NC(=O)c3cnc4ccccc4n3)cc2)OC1c1ccc(CO)cc1. The number of rotatable bonds is 8. The fraction of sp³-hybridized carbons (Fsp3) is 0.212. The van der Waals surface area contributed by atoms with Crippen molar-refractivity contribution in [2.24, 2.45) is 5.92 Å². The molecular weight excluding hydrogens is 548 g/mol. The van der Waals surface area contributed by atoms with Gasteiger partial charge in [0.25, 0.3) is 5.91 Å². The van der Waals surface area contributed by atoms with Gasteiger partial charge in [-0.2, -0.15) is 0 Å². The van der Waals surface area contributed by atoms with E-state index < -0.39 is 6.29 Å². The maximum atomic E-state index is 12.9. The molecule has 0 bridgehead atoms. The topological polar surface area (TPSA) is 106 Å². The largest absolute Gasteiger partial charge is 0.392 e. The number of hydrogen-bond acceptors (Lipinski definition) is 8. The lowest BCUT2D eigenvalue weighted by atomic mass is 9.91. The minimum Gasteiger partial charge on any atom is -0.392 e. The molecule has 212 valence electrons. The summed E-state index contributed by atoms with van der Waals surface area (Å²) >= 11 is 1.66. The van der Waals surface area contributed by atoms with E-state index in [1.807, 2.05) is 91.0 Å². The molecule has 2 N–H and O–H groups in total. The Hall–Kier alpha value is -4.15. The molecule has 1 aliphatic heterocycles. The number of aromatic nitrogens is 3. The molecule has 3 heterocycles. The second kappa shape index (κ2) is 12.8. The van der Waals surface area contributed by atoms with E-state index in [0.29, 0.717) is 17.0 Å². The van der Waals surface area contributed by atoms with Gasteiger partial charge in [0, 0.05) is 29.1 Å². The molecule has 8 nitrogen and oxygen atoms in total. The van der Waals surface area contributed by atoms with Crippen LogP contribution in [0.5, 0.6) is 0 Å². The number of benzene rings is 3. The van der Waals surface area contributed by atoms with E-state index in [-0.39, 0.29) is 36.3 Å². The van der Waals surface area contributed by atoms with Gasteiger partial charge in [0.05, 0.1) is 41.1 Å². The number of carbonyl (C=O) groups excluding carboxylic acids is 1. The number of aliphatic hydroxyl groups is 1. The summed E-state index contributed by atoms with van der Waals surface area (Å²) in [4.78, 5) is 26.1. The number of hydrogen-bond donors (Lipinski definition) is 2. The van der Waals surface area contributed by atoms with Crippen LogP contribution < -0.4 is 5.32 Å². The molecule has 2 aromatic heterocycles. The van der Waals surface area contributed by atoms with E-state index in [2.05, 4.69) is 27.2 Å². The summed E-state index contributed by atoms with van der Waals surface area (Å²) in [5.41, 5.74) is 4.99. The molecular formula is C33H30N4O4S. The lowest BCUT2D eigenvalue weighted by molar-refractivity contribution is -0.268. The Balaban J connectivity index is 1.19. The van der Waals surface area contributed by atoms with Crippen LogP contribution in [0.15, 0.2) is 108 Å². The Morgan fingerprint density at radius 2 is 1.62 bits per heavy atom. The average molecular weight is 579 g/mol. The standard InChI is InChI=1S/C33H30N4O4S/c1-21-29(20-42-30-8-4-5-17-34-30)40-33(41-31(21)23-11-9-22(19-38)10-12-23)24-13-15-25(16-14-24)36-32(39)28-18-35-26-6-2-3-7-27(26)37-28/h2-18,21,29,31,33,38H,19-20H2,1H3,(H,36,39). The molecule has 1 fully saturated rings. The van der Waals surface area contributed by atoms with Crippen LogP contribution in [0, 0.1) is 5.92 Å². The summed E-state index contributed by atoms with van der Waals surface area (Å²) in [6.45, 7) is 2.13. The van der Waals surface area contributed by atoms with Gasteiger partial charge in [0.15, 0.2) is 6.29 Å². The number of amides is 1. The van der Waals surface area contributed by atoms with Gasteiger partial charge in [-0.3, -0.25) is 9.78 Å². The quantitative estimate of drug-likeness (QED) is 0.205. The first kappa shape index (κ1) is 28.0. The molecule has 1 amide bonds. The summed E-state index contributed by atoms with van der Waals surface area (Å²) in [6, 6.07) is 28.6. The highest BCUT2D eigenvalue weighted by molar-refractivity contribution is 7.99. The molecule has 0 aliphatic carbocycles. The number of nitrogens with one attached hydrogen (secondary N) is 1. The molecule has 5 aromatic rings. The maximum absolute atomic E-state index is 12.9. The monoisotopic (exact) mass is 578 g/mol. The van der Waals surface area contributed by atoms with Gasteiger partial charge in [-0.05, 0) is 47.5 Å². The zero-order chi connectivity index (χ0) is 28.9. The van der Waals surface area contributed by atoms with Gasteiger partial charge in [0.1, 0.15) is 5.69 Å². The van der Waals surface area contributed by atoms with E-state index in [1.165, 1.54) is 6.20 Å². The van der Waals surface area contributed by atoms with Gasteiger partial charge >= 0.3 is 0 Å². The number of carbonyl (C=O) groups is 1. The van der Waals surface area contributed by atoms with Crippen molar-refractivity contribution in [3.63, 3.8) is 0 Å². The van der Waals surface area contributed by atoms with Crippen molar-refractivity contribution < 1.29 is 19.4 Å². The van der Waals surface area contributed by atoms with Crippen molar-refractivity contribution in [1.29, 1.82) is 0 Å². The molecule has 0 saturated carbocycles. The van der Waals surface area contributed by atoms with Gasteiger partial charge in [0.2, 0.25) is 0 Å². The van der Waals surface area contributed by atoms with E-state index in [9.17, 15) is 9.90 Å². The first-order valence-electron chi connectivity index (χ1n) is 13.7. The van der Waals surface area contributed by atoms with E-state index in [4.69, 9.17) is 9.47 Å². The number of nitrogens with zero attached hydrogens (tertiary/aromatic N) is 3. The maximum Gasteiger partial charge on any atom is 0.275 e. The second-order valence-corrected chi connectivity index (χ2v) is 11.2. The predicted octanol–water partition coefficient (Wildman–Crippen LogP) is 6.35.